The molecule has 0 aromatic rings. The molecule has 0 aliphatic heterocycles. The Labute approximate surface area is 68.7 Å². The van der Waals surface area contributed by atoms with E-state index in [1.165, 1.54) is 18.4 Å². The third kappa shape index (κ3) is 5.64. The second-order valence-corrected chi connectivity index (χ2v) is 2.54. The van der Waals surface area contributed by atoms with Crippen molar-refractivity contribution in [2.24, 2.45) is 0 Å². The molecule has 1 amide bonds. The van der Waals surface area contributed by atoms with Crippen LogP contribution >= 0.6 is 0 Å². The molecule has 0 aliphatic rings. The van der Waals surface area contributed by atoms with Crippen molar-refractivity contribution in [3.8, 4) is 0 Å². The van der Waals surface area contributed by atoms with Gasteiger partial charge in [-0.3, -0.25) is 4.79 Å². The van der Waals surface area contributed by atoms with E-state index in [2.05, 4.69) is 19.2 Å². The van der Waals surface area contributed by atoms with Crippen LogP contribution in [0.25, 0.3) is 0 Å². The molecular weight excluding hydrogens is 138 g/mol. The van der Waals surface area contributed by atoms with Crippen LogP contribution in [-0.2, 0) is 4.79 Å². The smallest absolute Gasteiger partial charge is 0.211 e. The largest absolute Gasteiger partial charge is 0.335 e. The van der Waals surface area contributed by atoms with E-state index in [1.807, 2.05) is 6.20 Å². The van der Waals surface area contributed by atoms with Gasteiger partial charge in [-0.05, 0) is 19.3 Å². The number of carbonyl (C=O) groups excluding carboxylic acids is 1. The number of nitrogens with one attached hydrogen (secondary N) is 1. The monoisotopic (exact) mass is 155 g/mol. The maximum atomic E-state index is 9.94. The molecule has 0 spiro atoms. The molecule has 0 saturated carbocycles. The highest BCUT2D eigenvalue weighted by Crippen LogP contribution is 2.09. The lowest BCUT2D eigenvalue weighted by Gasteiger charge is -2.01. The van der Waals surface area contributed by atoms with Crippen molar-refractivity contribution in [2.75, 3.05) is 0 Å². The van der Waals surface area contributed by atoms with Gasteiger partial charge in [-0.25, -0.2) is 0 Å². The second-order valence-electron chi connectivity index (χ2n) is 2.54. The van der Waals surface area contributed by atoms with Crippen molar-refractivity contribution in [2.45, 2.75) is 39.5 Å². The number of rotatable bonds is 6. The highest BCUT2D eigenvalue weighted by Gasteiger charge is 1.91. The van der Waals surface area contributed by atoms with E-state index in [9.17, 15) is 4.79 Å². The molecule has 0 rings (SSSR count). The van der Waals surface area contributed by atoms with Gasteiger partial charge in [0.25, 0.3) is 0 Å². The van der Waals surface area contributed by atoms with Gasteiger partial charge in [-0.2, -0.15) is 0 Å². The third-order valence-electron chi connectivity index (χ3n) is 1.66. The zero-order valence-corrected chi connectivity index (χ0v) is 7.39. The van der Waals surface area contributed by atoms with Crippen LogP contribution in [0.5, 0.6) is 0 Å². The van der Waals surface area contributed by atoms with Crippen LogP contribution < -0.4 is 5.32 Å². The van der Waals surface area contributed by atoms with Crippen molar-refractivity contribution >= 4 is 6.41 Å². The second kappa shape index (κ2) is 7.32. The molecule has 2 nitrogen and oxygen atoms in total. The average Bonchev–Trinajstić information content (AvgIpc) is 2.05. The van der Waals surface area contributed by atoms with Crippen LogP contribution in [0, 0.1) is 0 Å². The van der Waals surface area contributed by atoms with Crippen molar-refractivity contribution in [3.05, 3.63) is 11.8 Å². The first-order chi connectivity index (χ1) is 5.35. The van der Waals surface area contributed by atoms with Crippen molar-refractivity contribution in [1.29, 1.82) is 0 Å². The molecule has 0 unspecified atom stereocenters. The number of amides is 1. The number of carbonyl (C=O) groups is 1. The van der Waals surface area contributed by atoms with E-state index in [4.69, 9.17) is 0 Å². The maximum Gasteiger partial charge on any atom is 0.211 e. The lowest BCUT2D eigenvalue weighted by molar-refractivity contribution is -0.108. The molecule has 11 heavy (non-hydrogen) atoms. The third-order valence-corrected chi connectivity index (χ3v) is 1.66. The topological polar surface area (TPSA) is 29.1 Å². The standard InChI is InChI=1S/C9H17NO/c1-3-5-6-9(4-2)7-10-8-11/h7-8H,3-6H2,1-2H3,(H,10,11)/b9-7+. The van der Waals surface area contributed by atoms with Gasteiger partial charge in [-0.1, -0.05) is 25.8 Å². The fourth-order valence-electron chi connectivity index (χ4n) is 0.907. The maximum absolute atomic E-state index is 9.94. The van der Waals surface area contributed by atoms with Crippen LogP contribution in [0.2, 0.25) is 0 Å². The highest BCUT2D eigenvalue weighted by molar-refractivity contribution is 5.48. The van der Waals surface area contributed by atoms with Gasteiger partial charge in [0, 0.05) is 6.20 Å². The summed E-state index contributed by atoms with van der Waals surface area (Å²) in [5, 5.41) is 2.57. The first-order valence-corrected chi connectivity index (χ1v) is 4.22. The fourth-order valence-corrected chi connectivity index (χ4v) is 0.907. The Morgan fingerprint density at radius 2 is 2.18 bits per heavy atom. The van der Waals surface area contributed by atoms with Crippen LogP contribution in [0.3, 0.4) is 0 Å². The van der Waals surface area contributed by atoms with E-state index in [0.717, 1.165) is 12.8 Å². The molecule has 0 radical (unpaired) electrons. The van der Waals surface area contributed by atoms with Gasteiger partial charge in [0.05, 0.1) is 0 Å². The van der Waals surface area contributed by atoms with E-state index in [-0.39, 0.29) is 0 Å². The van der Waals surface area contributed by atoms with E-state index in [1.54, 1.807) is 0 Å². The molecule has 0 aromatic heterocycles. The van der Waals surface area contributed by atoms with Crippen LogP contribution in [0.4, 0.5) is 0 Å². The van der Waals surface area contributed by atoms with Crippen LogP contribution in [0.1, 0.15) is 39.5 Å². The summed E-state index contributed by atoms with van der Waals surface area (Å²) in [7, 11) is 0. The highest BCUT2D eigenvalue weighted by atomic mass is 16.1. The number of allylic oxidation sites excluding steroid dienone is 1. The molecule has 0 bridgehead atoms. The molecule has 2 heteroatoms. The Morgan fingerprint density at radius 3 is 2.64 bits per heavy atom. The Hall–Kier alpha value is -0.790. The Balaban J connectivity index is 3.63. The molecule has 0 heterocycles. The summed E-state index contributed by atoms with van der Waals surface area (Å²) in [5.41, 5.74) is 1.32. The Bertz CT molecular complexity index is 130. The molecule has 0 aliphatic carbocycles. The number of unbranched alkanes of at least 4 members (excludes halogenated alkanes) is 1. The van der Waals surface area contributed by atoms with Gasteiger partial charge < -0.3 is 5.32 Å². The summed E-state index contributed by atoms with van der Waals surface area (Å²) in [6, 6.07) is 0. The van der Waals surface area contributed by atoms with E-state index < -0.39 is 0 Å². The summed E-state index contributed by atoms with van der Waals surface area (Å²) < 4.78 is 0. The van der Waals surface area contributed by atoms with E-state index in [0.29, 0.717) is 6.41 Å². The summed E-state index contributed by atoms with van der Waals surface area (Å²) in [5.74, 6) is 0. The zero-order valence-electron chi connectivity index (χ0n) is 7.39. The Morgan fingerprint density at radius 1 is 1.45 bits per heavy atom. The molecule has 64 valence electrons. The number of hydrogen-bond donors (Lipinski definition) is 1. The predicted molar refractivity (Wildman–Crippen MR) is 47.1 cm³/mol. The lowest BCUT2D eigenvalue weighted by atomic mass is 10.1. The first kappa shape index (κ1) is 10.2. The minimum Gasteiger partial charge on any atom is -0.335 e. The van der Waals surface area contributed by atoms with Gasteiger partial charge in [0.2, 0.25) is 6.41 Å². The minimum atomic E-state index is 0.710. The van der Waals surface area contributed by atoms with Crippen molar-refractivity contribution in [3.63, 3.8) is 0 Å². The molecule has 1 N–H and O–H groups in total. The molecule has 0 fully saturated rings. The molecule has 0 aromatic carbocycles. The fraction of sp³-hybridized carbons (Fsp3) is 0.667. The number of hydrogen-bond acceptors (Lipinski definition) is 1. The predicted octanol–water partition coefficient (Wildman–Crippen LogP) is 2.22. The summed E-state index contributed by atoms with van der Waals surface area (Å²) >= 11 is 0. The zero-order chi connectivity index (χ0) is 8.53. The minimum absolute atomic E-state index is 0.710. The summed E-state index contributed by atoms with van der Waals surface area (Å²) in [4.78, 5) is 9.94. The normalized spacial score (nSPS) is 11.3. The quantitative estimate of drug-likeness (QED) is 0.585. The molecule has 0 saturated heterocycles. The van der Waals surface area contributed by atoms with Gasteiger partial charge in [-0.15, -0.1) is 0 Å². The van der Waals surface area contributed by atoms with E-state index >= 15 is 0 Å². The van der Waals surface area contributed by atoms with Gasteiger partial charge in [0.15, 0.2) is 0 Å². The van der Waals surface area contributed by atoms with Crippen LogP contribution in [0.15, 0.2) is 11.8 Å². The molecular formula is C9H17NO. The summed E-state index contributed by atoms with van der Waals surface area (Å²) in [6.45, 7) is 4.27. The van der Waals surface area contributed by atoms with Crippen LogP contribution in [-0.4, -0.2) is 6.41 Å². The first-order valence-electron chi connectivity index (χ1n) is 4.22. The SMILES string of the molecule is CCCC/C(=C/NC=O)CC. The Kier molecular flexibility index (Phi) is 6.79. The lowest BCUT2D eigenvalue weighted by Crippen LogP contribution is -2.01. The average molecular weight is 155 g/mol. The van der Waals surface area contributed by atoms with Gasteiger partial charge >= 0.3 is 0 Å². The van der Waals surface area contributed by atoms with Gasteiger partial charge in [0.1, 0.15) is 0 Å². The van der Waals surface area contributed by atoms with Crippen molar-refractivity contribution < 1.29 is 4.79 Å². The van der Waals surface area contributed by atoms with Crippen molar-refractivity contribution in [1.82, 2.24) is 5.32 Å². The summed E-state index contributed by atoms with van der Waals surface area (Å²) in [6.07, 6.45) is 7.07. The molecule has 0 atom stereocenters.